The molecule has 7 heteroatoms. The number of carboxylic acids is 1. The zero-order chi connectivity index (χ0) is 23.4. The topological polar surface area (TPSA) is 105 Å². The van der Waals surface area contributed by atoms with E-state index >= 15 is 0 Å². The van der Waals surface area contributed by atoms with Crippen molar-refractivity contribution in [3.05, 3.63) is 59.7 Å². The molecule has 2 aliphatic rings. The molecular weight excluding hydrogens is 420 g/mol. The van der Waals surface area contributed by atoms with E-state index in [9.17, 15) is 19.5 Å². The Kier molecular flexibility index (Phi) is 6.96. The van der Waals surface area contributed by atoms with E-state index in [-0.39, 0.29) is 36.7 Å². The normalized spacial score (nSPS) is 19.9. The second-order valence-electron chi connectivity index (χ2n) is 9.01. The summed E-state index contributed by atoms with van der Waals surface area (Å²) >= 11 is 0. The molecular formula is C26H30N2O5. The van der Waals surface area contributed by atoms with Crippen LogP contribution in [0.3, 0.4) is 0 Å². The molecule has 3 N–H and O–H groups in total. The first-order chi connectivity index (χ1) is 15.9. The summed E-state index contributed by atoms with van der Waals surface area (Å²) in [5, 5.41) is 14.8. The van der Waals surface area contributed by atoms with Crippen LogP contribution in [0.4, 0.5) is 4.79 Å². The van der Waals surface area contributed by atoms with Crippen LogP contribution in [-0.4, -0.2) is 42.3 Å². The van der Waals surface area contributed by atoms with Crippen LogP contribution in [0.2, 0.25) is 0 Å². The Morgan fingerprint density at radius 2 is 1.67 bits per heavy atom. The van der Waals surface area contributed by atoms with Gasteiger partial charge in [0.25, 0.3) is 0 Å². The lowest BCUT2D eigenvalue weighted by Gasteiger charge is -2.19. The number of alkyl carbamates (subject to hydrolysis) is 1. The Hall–Kier alpha value is -3.35. The fraction of sp³-hybridized carbons (Fsp3) is 0.423. The van der Waals surface area contributed by atoms with Crippen LogP contribution in [0, 0.1) is 11.8 Å². The summed E-state index contributed by atoms with van der Waals surface area (Å²) in [6.07, 6.45) is 1.89. The molecule has 0 radical (unpaired) electrons. The summed E-state index contributed by atoms with van der Waals surface area (Å²) in [5.74, 6) is -1.44. The van der Waals surface area contributed by atoms with Crippen LogP contribution in [0.15, 0.2) is 48.5 Å². The molecule has 0 heterocycles. The summed E-state index contributed by atoms with van der Waals surface area (Å²) in [6.45, 7) is 2.32. The molecule has 3 unspecified atom stereocenters. The lowest BCUT2D eigenvalue weighted by atomic mass is 9.96. The number of hydrogen-bond donors (Lipinski definition) is 3. The quantitative estimate of drug-likeness (QED) is 0.565. The van der Waals surface area contributed by atoms with Crippen molar-refractivity contribution in [3.8, 4) is 11.1 Å². The Balaban J connectivity index is 1.24. The fourth-order valence-electron chi connectivity index (χ4n) is 5.09. The van der Waals surface area contributed by atoms with Crippen molar-refractivity contribution in [1.29, 1.82) is 0 Å². The largest absolute Gasteiger partial charge is 0.481 e. The lowest BCUT2D eigenvalue weighted by molar-refractivity contribution is -0.143. The molecule has 2 aromatic carbocycles. The maximum Gasteiger partial charge on any atom is 0.407 e. The number of nitrogens with one attached hydrogen (secondary N) is 2. The van der Waals surface area contributed by atoms with Gasteiger partial charge in [0.1, 0.15) is 6.61 Å². The highest BCUT2D eigenvalue weighted by Gasteiger charge is 2.33. The molecule has 0 bridgehead atoms. The Morgan fingerprint density at radius 1 is 1.03 bits per heavy atom. The molecule has 33 heavy (non-hydrogen) atoms. The third kappa shape index (κ3) is 5.18. The molecule has 0 spiro atoms. The second kappa shape index (κ2) is 10.1. The predicted molar refractivity (Wildman–Crippen MR) is 124 cm³/mol. The molecule has 0 saturated heterocycles. The molecule has 2 amide bonds. The van der Waals surface area contributed by atoms with E-state index < -0.39 is 18.1 Å². The standard InChI is InChI=1S/C26H30N2O5/c1-16(13-24(29)27-14-17-7-6-12-18(17)25(30)31)28-26(32)33-15-23-21-10-4-2-8-19(21)20-9-3-5-11-22(20)23/h2-5,8-11,16-18,23H,6-7,12-15H2,1H3,(H,27,29)(H,28,32)(H,30,31). The monoisotopic (exact) mass is 450 g/mol. The number of carboxylic acid groups (broad SMARTS) is 1. The lowest BCUT2D eigenvalue weighted by Crippen LogP contribution is -2.39. The van der Waals surface area contributed by atoms with Gasteiger partial charge in [-0.05, 0) is 47.9 Å². The van der Waals surface area contributed by atoms with Gasteiger partial charge in [-0.3, -0.25) is 9.59 Å². The van der Waals surface area contributed by atoms with Gasteiger partial charge < -0.3 is 20.5 Å². The van der Waals surface area contributed by atoms with Crippen LogP contribution in [-0.2, 0) is 14.3 Å². The minimum absolute atomic E-state index is 0.0182. The van der Waals surface area contributed by atoms with Gasteiger partial charge in [-0.1, -0.05) is 55.0 Å². The van der Waals surface area contributed by atoms with E-state index in [4.69, 9.17) is 4.74 Å². The van der Waals surface area contributed by atoms with E-state index in [1.807, 2.05) is 24.3 Å². The third-order valence-corrected chi connectivity index (χ3v) is 6.74. The minimum Gasteiger partial charge on any atom is -0.481 e. The van der Waals surface area contributed by atoms with Crippen LogP contribution >= 0.6 is 0 Å². The van der Waals surface area contributed by atoms with Gasteiger partial charge in [0.2, 0.25) is 5.91 Å². The van der Waals surface area contributed by atoms with Crippen molar-refractivity contribution in [3.63, 3.8) is 0 Å². The molecule has 1 fully saturated rings. The first-order valence-corrected chi connectivity index (χ1v) is 11.5. The Bertz CT molecular complexity index is 991. The van der Waals surface area contributed by atoms with E-state index in [2.05, 4.69) is 34.9 Å². The zero-order valence-electron chi connectivity index (χ0n) is 18.8. The highest BCUT2D eigenvalue weighted by atomic mass is 16.5. The number of ether oxygens (including phenoxy) is 1. The number of carbonyl (C=O) groups excluding carboxylic acids is 2. The summed E-state index contributed by atoms with van der Waals surface area (Å²) in [5.41, 5.74) is 4.62. The first kappa shape index (κ1) is 22.8. The smallest absolute Gasteiger partial charge is 0.407 e. The highest BCUT2D eigenvalue weighted by molar-refractivity contribution is 5.79. The number of benzene rings is 2. The van der Waals surface area contributed by atoms with Crippen LogP contribution in [0.25, 0.3) is 11.1 Å². The molecule has 7 nitrogen and oxygen atoms in total. The molecule has 174 valence electrons. The van der Waals surface area contributed by atoms with Gasteiger partial charge >= 0.3 is 12.1 Å². The third-order valence-electron chi connectivity index (χ3n) is 6.74. The maximum absolute atomic E-state index is 12.4. The van der Waals surface area contributed by atoms with Crippen LogP contribution < -0.4 is 10.6 Å². The molecule has 2 aromatic rings. The van der Waals surface area contributed by atoms with Crippen LogP contribution in [0.5, 0.6) is 0 Å². The number of rotatable bonds is 8. The fourth-order valence-corrected chi connectivity index (χ4v) is 5.09. The number of hydrogen-bond acceptors (Lipinski definition) is 4. The highest BCUT2D eigenvalue weighted by Crippen LogP contribution is 2.44. The number of aliphatic carboxylic acids is 1. The van der Waals surface area contributed by atoms with Gasteiger partial charge in [-0.25, -0.2) is 4.79 Å². The summed E-state index contributed by atoms with van der Waals surface area (Å²) in [6, 6.07) is 15.9. The van der Waals surface area contributed by atoms with E-state index in [1.165, 1.54) is 11.1 Å². The van der Waals surface area contributed by atoms with Crippen molar-refractivity contribution in [1.82, 2.24) is 10.6 Å². The van der Waals surface area contributed by atoms with E-state index in [0.717, 1.165) is 24.0 Å². The average molecular weight is 451 g/mol. The maximum atomic E-state index is 12.4. The zero-order valence-corrected chi connectivity index (χ0v) is 18.8. The van der Waals surface area contributed by atoms with Gasteiger partial charge in [0.05, 0.1) is 5.92 Å². The van der Waals surface area contributed by atoms with E-state index in [1.54, 1.807) is 6.92 Å². The Labute approximate surface area is 193 Å². The van der Waals surface area contributed by atoms with Crippen molar-refractivity contribution in [2.75, 3.05) is 13.2 Å². The van der Waals surface area contributed by atoms with Crippen molar-refractivity contribution >= 4 is 18.0 Å². The minimum atomic E-state index is -0.794. The molecule has 0 aliphatic heterocycles. The van der Waals surface area contributed by atoms with Gasteiger partial charge in [-0.2, -0.15) is 0 Å². The predicted octanol–water partition coefficient (Wildman–Crippen LogP) is 3.92. The molecule has 0 aromatic heterocycles. The Morgan fingerprint density at radius 3 is 2.30 bits per heavy atom. The number of carbonyl (C=O) groups is 3. The average Bonchev–Trinajstić information content (AvgIpc) is 3.39. The van der Waals surface area contributed by atoms with Crippen molar-refractivity contribution < 1.29 is 24.2 Å². The van der Waals surface area contributed by atoms with E-state index in [0.29, 0.717) is 13.0 Å². The molecule has 4 rings (SSSR count). The SMILES string of the molecule is CC(CC(=O)NCC1CCCC1C(=O)O)NC(=O)OCC1c2ccccc2-c2ccccc21. The van der Waals surface area contributed by atoms with Crippen LogP contribution in [0.1, 0.15) is 49.7 Å². The van der Waals surface area contributed by atoms with Crippen molar-refractivity contribution in [2.24, 2.45) is 11.8 Å². The summed E-state index contributed by atoms with van der Waals surface area (Å²) in [7, 11) is 0. The molecule has 3 atom stereocenters. The van der Waals surface area contributed by atoms with Gasteiger partial charge in [-0.15, -0.1) is 0 Å². The molecule has 2 aliphatic carbocycles. The first-order valence-electron chi connectivity index (χ1n) is 11.5. The number of fused-ring (bicyclic) bond motifs is 3. The van der Waals surface area contributed by atoms with Crippen molar-refractivity contribution in [2.45, 2.75) is 44.6 Å². The number of amides is 2. The second-order valence-corrected chi connectivity index (χ2v) is 9.01. The summed E-state index contributed by atoms with van der Waals surface area (Å²) < 4.78 is 5.53. The van der Waals surface area contributed by atoms with Gasteiger partial charge in [0, 0.05) is 24.9 Å². The molecule has 1 saturated carbocycles. The summed E-state index contributed by atoms with van der Waals surface area (Å²) in [4.78, 5) is 35.9. The van der Waals surface area contributed by atoms with Gasteiger partial charge in [0.15, 0.2) is 0 Å².